The lowest BCUT2D eigenvalue weighted by Gasteiger charge is -2.43. The number of likely N-dealkylation sites (tertiary alicyclic amines) is 2. The fourth-order valence-corrected chi connectivity index (χ4v) is 7.55. The Labute approximate surface area is 296 Å². The van der Waals surface area contributed by atoms with Gasteiger partial charge in [0.15, 0.2) is 6.29 Å². The number of nitrogens with one attached hydrogen (secondary N) is 1. The number of halogens is 3. The minimum atomic E-state index is -5.02. The number of aliphatic hydroxyl groups excluding tert-OH is 1. The van der Waals surface area contributed by atoms with Gasteiger partial charge in [0.1, 0.15) is 6.04 Å². The second-order valence-electron chi connectivity index (χ2n) is 13.8. The van der Waals surface area contributed by atoms with Gasteiger partial charge in [-0.1, -0.05) is 67.6 Å². The zero-order valence-electron chi connectivity index (χ0n) is 29.0. The Morgan fingerprint density at radius 2 is 1.65 bits per heavy atom. The maximum Gasteiger partial charge on any atom is 0.471 e. The van der Waals surface area contributed by atoms with E-state index in [4.69, 9.17) is 14.2 Å². The first kappa shape index (κ1) is 37.0. The van der Waals surface area contributed by atoms with E-state index in [9.17, 15) is 27.9 Å². The van der Waals surface area contributed by atoms with Crippen molar-refractivity contribution in [1.29, 1.82) is 0 Å². The van der Waals surface area contributed by atoms with Gasteiger partial charge in [0.05, 0.1) is 25.4 Å². The van der Waals surface area contributed by atoms with Crippen LogP contribution in [0.4, 0.5) is 13.2 Å². The van der Waals surface area contributed by atoms with Gasteiger partial charge in [-0.15, -0.1) is 0 Å². The zero-order chi connectivity index (χ0) is 36.1. The molecule has 0 radical (unpaired) electrons. The second kappa shape index (κ2) is 16.2. The predicted octanol–water partition coefficient (Wildman–Crippen LogP) is 5.92. The largest absolute Gasteiger partial charge is 0.471 e. The van der Waals surface area contributed by atoms with Crippen LogP contribution in [0.15, 0.2) is 72.8 Å². The Morgan fingerprint density at radius 1 is 0.922 bits per heavy atom. The van der Waals surface area contributed by atoms with Crippen LogP contribution in [0.25, 0.3) is 11.1 Å². The van der Waals surface area contributed by atoms with E-state index in [1.165, 1.54) is 0 Å². The summed E-state index contributed by atoms with van der Waals surface area (Å²) in [4.78, 5) is 27.8. The van der Waals surface area contributed by atoms with Crippen molar-refractivity contribution in [2.24, 2.45) is 5.92 Å². The molecule has 3 aromatic rings. The summed E-state index contributed by atoms with van der Waals surface area (Å²) in [6.45, 7) is 4.53. The Hall–Kier alpha value is -3.81. The SMILES string of the molecule is COC[C@@H]1CCCN1C[C@@H]1O[C@H](c2cccc(-c3cccc(CNC(=O)[C@@H]4CCCN4C(=O)C(F)(F)F)c3)c2)O[C@H](c2ccc(CO)cc2)[C@@H]1C. The van der Waals surface area contributed by atoms with E-state index in [0.717, 1.165) is 59.3 Å². The normalized spacial score (nSPS) is 25.6. The third-order valence-corrected chi connectivity index (χ3v) is 10.3. The summed E-state index contributed by atoms with van der Waals surface area (Å²) in [5.74, 6) is -2.54. The van der Waals surface area contributed by atoms with Crippen molar-refractivity contribution in [3.63, 3.8) is 0 Å². The molecule has 12 heteroatoms. The minimum Gasteiger partial charge on any atom is -0.392 e. The van der Waals surface area contributed by atoms with Gasteiger partial charge in [-0.2, -0.15) is 13.2 Å². The molecule has 51 heavy (non-hydrogen) atoms. The zero-order valence-corrected chi connectivity index (χ0v) is 29.0. The van der Waals surface area contributed by atoms with E-state index >= 15 is 0 Å². The molecule has 0 aliphatic carbocycles. The van der Waals surface area contributed by atoms with E-state index in [2.05, 4.69) is 17.1 Å². The molecule has 3 fully saturated rings. The van der Waals surface area contributed by atoms with E-state index in [1.807, 2.05) is 72.8 Å². The summed E-state index contributed by atoms with van der Waals surface area (Å²) < 4.78 is 58.2. The first-order valence-corrected chi connectivity index (χ1v) is 17.6. The molecule has 6 atom stereocenters. The van der Waals surface area contributed by atoms with Crippen LogP contribution in [-0.2, 0) is 37.0 Å². The number of hydrogen-bond acceptors (Lipinski definition) is 7. The monoisotopic (exact) mass is 709 g/mol. The van der Waals surface area contributed by atoms with Crippen molar-refractivity contribution in [2.75, 3.05) is 33.4 Å². The number of benzene rings is 3. The molecule has 274 valence electrons. The molecule has 9 nitrogen and oxygen atoms in total. The van der Waals surface area contributed by atoms with Gasteiger partial charge in [0, 0.05) is 44.3 Å². The molecule has 0 saturated carbocycles. The number of hydrogen-bond donors (Lipinski definition) is 2. The Bertz CT molecular complexity index is 1650. The number of nitrogens with zero attached hydrogens (tertiary/aromatic N) is 2. The van der Waals surface area contributed by atoms with Crippen LogP contribution in [0.3, 0.4) is 0 Å². The number of aliphatic hydroxyl groups is 1. The maximum absolute atomic E-state index is 13.1. The number of methoxy groups -OCH3 is 1. The third kappa shape index (κ3) is 8.64. The molecule has 3 aliphatic rings. The molecule has 2 N–H and O–H groups in total. The Morgan fingerprint density at radius 3 is 2.37 bits per heavy atom. The van der Waals surface area contributed by atoms with Gasteiger partial charge in [-0.25, -0.2) is 0 Å². The molecule has 0 aromatic heterocycles. The van der Waals surface area contributed by atoms with Gasteiger partial charge >= 0.3 is 12.1 Å². The second-order valence-corrected chi connectivity index (χ2v) is 13.8. The highest BCUT2D eigenvalue weighted by Gasteiger charge is 2.47. The van der Waals surface area contributed by atoms with Crippen LogP contribution in [0.2, 0.25) is 0 Å². The van der Waals surface area contributed by atoms with Gasteiger partial charge < -0.3 is 29.5 Å². The smallest absolute Gasteiger partial charge is 0.392 e. The summed E-state index contributed by atoms with van der Waals surface area (Å²) >= 11 is 0. The molecule has 3 saturated heterocycles. The lowest BCUT2D eigenvalue weighted by molar-refractivity contribution is -0.276. The predicted molar refractivity (Wildman–Crippen MR) is 184 cm³/mol. The van der Waals surface area contributed by atoms with Crippen LogP contribution in [0, 0.1) is 5.92 Å². The van der Waals surface area contributed by atoms with Crippen LogP contribution in [0.1, 0.15) is 67.3 Å². The van der Waals surface area contributed by atoms with Crippen LogP contribution in [0.5, 0.6) is 0 Å². The lowest BCUT2D eigenvalue weighted by Crippen LogP contribution is -2.50. The molecular formula is C39H46F3N3O6. The Kier molecular flexibility index (Phi) is 11.8. The van der Waals surface area contributed by atoms with E-state index < -0.39 is 30.3 Å². The summed E-state index contributed by atoms with van der Waals surface area (Å²) in [7, 11) is 1.74. The van der Waals surface area contributed by atoms with Gasteiger partial charge in [-0.3, -0.25) is 14.5 Å². The summed E-state index contributed by atoms with van der Waals surface area (Å²) in [5, 5.41) is 12.3. The topological polar surface area (TPSA) is 101 Å². The van der Waals surface area contributed by atoms with Gasteiger partial charge in [0.25, 0.3) is 0 Å². The highest BCUT2D eigenvalue weighted by molar-refractivity contribution is 5.90. The van der Waals surface area contributed by atoms with Crippen LogP contribution in [-0.4, -0.2) is 84.4 Å². The molecule has 2 amide bonds. The number of amides is 2. The van der Waals surface area contributed by atoms with Crippen molar-refractivity contribution < 1.29 is 42.1 Å². The minimum absolute atomic E-state index is 0.0337. The van der Waals surface area contributed by atoms with Crippen LogP contribution < -0.4 is 5.32 Å². The van der Waals surface area contributed by atoms with E-state index in [1.54, 1.807) is 7.11 Å². The maximum atomic E-state index is 13.1. The molecule has 6 rings (SSSR count). The van der Waals surface area contributed by atoms with Crippen molar-refractivity contribution in [2.45, 2.75) is 82.5 Å². The average Bonchev–Trinajstić information content (AvgIpc) is 3.81. The molecule has 3 aliphatic heterocycles. The highest BCUT2D eigenvalue weighted by atomic mass is 19.4. The summed E-state index contributed by atoms with van der Waals surface area (Å²) in [6, 6.07) is 22.6. The quantitative estimate of drug-likeness (QED) is 0.255. The van der Waals surface area contributed by atoms with Crippen molar-refractivity contribution >= 4 is 11.8 Å². The Balaban J connectivity index is 1.19. The summed E-state index contributed by atoms with van der Waals surface area (Å²) in [5.41, 5.74) is 5.25. The van der Waals surface area contributed by atoms with Crippen molar-refractivity contribution in [3.05, 3.63) is 95.1 Å². The molecule has 0 bridgehead atoms. The fraction of sp³-hybridized carbons (Fsp3) is 0.487. The number of rotatable bonds is 11. The van der Waals surface area contributed by atoms with Crippen LogP contribution >= 0.6 is 0 Å². The third-order valence-electron chi connectivity index (χ3n) is 10.3. The van der Waals surface area contributed by atoms with Crippen molar-refractivity contribution in [1.82, 2.24) is 15.1 Å². The highest BCUT2D eigenvalue weighted by Crippen LogP contribution is 2.43. The van der Waals surface area contributed by atoms with E-state index in [-0.39, 0.29) is 44.2 Å². The number of carbonyl (C=O) groups excluding carboxylic acids is 2. The first-order chi connectivity index (χ1) is 24.5. The van der Waals surface area contributed by atoms with Gasteiger partial charge in [-0.05, 0) is 72.2 Å². The lowest BCUT2D eigenvalue weighted by atomic mass is 9.89. The number of carbonyl (C=O) groups is 2. The molecule has 3 heterocycles. The number of ether oxygens (including phenoxy) is 3. The van der Waals surface area contributed by atoms with Crippen molar-refractivity contribution in [3.8, 4) is 11.1 Å². The fourth-order valence-electron chi connectivity index (χ4n) is 7.55. The first-order valence-electron chi connectivity index (χ1n) is 17.6. The van der Waals surface area contributed by atoms with E-state index in [0.29, 0.717) is 24.0 Å². The average molecular weight is 710 g/mol. The molecule has 0 unspecified atom stereocenters. The summed E-state index contributed by atoms with van der Waals surface area (Å²) in [6.07, 6.45) is -3.31. The molecule has 3 aromatic carbocycles. The van der Waals surface area contributed by atoms with Gasteiger partial charge in [0.2, 0.25) is 5.91 Å². The standard InChI is InChI=1S/C39H46F3N3O6/c1-25-34(22-44-17-5-11-32(44)24-49-2)50-37(51-35(25)28-15-13-26(23-46)14-16-28)31-10-4-9-30(20-31)29-8-3-7-27(19-29)21-43-36(47)33-12-6-18-45(33)38(48)39(40,41)42/h3-4,7-10,13-16,19-20,25,32-35,37,46H,5-6,11-12,17-18,21-24H2,1-2H3,(H,43,47)/t25-,32+,33+,34+,35+,37+/m1/s1. The molecule has 0 spiro atoms. The number of alkyl halides is 3. The molecular weight excluding hydrogens is 663 g/mol.